The van der Waals surface area contributed by atoms with Gasteiger partial charge in [-0.25, -0.2) is 0 Å². The van der Waals surface area contributed by atoms with E-state index in [0.717, 1.165) is 43.6 Å². The Morgan fingerprint density at radius 3 is 1.91 bits per heavy atom. The van der Waals surface area contributed by atoms with Crippen LogP contribution in [0, 0.1) is 23.7 Å². The van der Waals surface area contributed by atoms with E-state index in [-0.39, 0.29) is 5.79 Å². The van der Waals surface area contributed by atoms with Crippen molar-refractivity contribution in [2.45, 2.75) is 94.3 Å². The molecule has 1 N–H and O–H groups in total. The lowest BCUT2D eigenvalue weighted by molar-refractivity contribution is -0.390. The number of hydrogen-bond donors (Lipinski definition) is 1. The number of hydrogen-bond acceptors (Lipinski definition) is 4. The van der Waals surface area contributed by atoms with Crippen molar-refractivity contribution in [3.8, 4) is 0 Å². The molecule has 128 valence electrons. The van der Waals surface area contributed by atoms with Gasteiger partial charge in [-0.2, -0.15) is 9.78 Å². The van der Waals surface area contributed by atoms with Crippen LogP contribution in [0.1, 0.15) is 70.6 Å². The van der Waals surface area contributed by atoms with Crippen molar-refractivity contribution in [1.29, 1.82) is 0 Å². The van der Waals surface area contributed by atoms with E-state index in [1.165, 1.54) is 44.9 Å². The lowest BCUT2D eigenvalue weighted by Crippen LogP contribution is -2.59. The highest BCUT2D eigenvalue weighted by Gasteiger charge is 2.66. The summed E-state index contributed by atoms with van der Waals surface area (Å²) in [6.07, 6.45) is 13.7. The van der Waals surface area contributed by atoms with E-state index in [1.807, 2.05) is 0 Å². The van der Waals surface area contributed by atoms with Crippen LogP contribution >= 0.6 is 0 Å². The molecule has 4 nitrogen and oxygen atoms in total. The smallest absolute Gasteiger partial charge is 0.210 e. The molecule has 0 amide bonds. The third kappa shape index (κ3) is 2.11. The van der Waals surface area contributed by atoms with Gasteiger partial charge in [0.15, 0.2) is 0 Å². The Hall–Kier alpha value is -0.160. The molecule has 0 radical (unpaired) electrons. The fourth-order valence-electron chi connectivity index (χ4n) is 6.60. The summed E-state index contributed by atoms with van der Waals surface area (Å²) in [5, 5.41) is 3.77. The molecular weight excluding hydrogens is 290 g/mol. The van der Waals surface area contributed by atoms with Gasteiger partial charge in [-0.1, -0.05) is 0 Å². The highest BCUT2D eigenvalue weighted by molar-refractivity contribution is 5.05. The number of nitrogens with one attached hydrogen (secondary N) is 1. The predicted octanol–water partition coefficient (Wildman–Crippen LogP) is 3.51. The zero-order valence-electron chi connectivity index (χ0n) is 14.0. The fourth-order valence-corrected chi connectivity index (χ4v) is 6.60. The molecule has 7 fully saturated rings. The zero-order valence-corrected chi connectivity index (χ0v) is 14.0. The van der Waals surface area contributed by atoms with Gasteiger partial charge in [-0.3, -0.25) is 0 Å². The third-order valence-corrected chi connectivity index (χ3v) is 7.74. The summed E-state index contributed by atoms with van der Waals surface area (Å²) in [6, 6.07) is 1.46. The van der Waals surface area contributed by atoms with E-state index in [9.17, 15) is 0 Å². The minimum atomic E-state index is -0.433. The Labute approximate surface area is 138 Å². The molecule has 7 rings (SSSR count). The van der Waals surface area contributed by atoms with Gasteiger partial charge < -0.3 is 10.1 Å². The molecule has 6 aliphatic carbocycles. The maximum Gasteiger partial charge on any atom is 0.210 e. The second-order valence-corrected chi connectivity index (χ2v) is 9.42. The van der Waals surface area contributed by atoms with Gasteiger partial charge in [0.25, 0.3) is 0 Å². The predicted molar refractivity (Wildman–Crippen MR) is 84.2 cm³/mol. The molecule has 1 saturated heterocycles. The van der Waals surface area contributed by atoms with Crippen LogP contribution in [0.3, 0.4) is 0 Å². The molecule has 23 heavy (non-hydrogen) atoms. The lowest BCUT2D eigenvalue weighted by atomic mass is 9.53. The average Bonchev–Trinajstić information content (AvgIpc) is 3.28. The van der Waals surface area contributed by atoms with Crippen molar-refractivity contribution in [2.75, 3.05) is 0 Å². The van der Waals surface area contributed by atoms with E-state index >= 15 is 0 Å². The third-order valence-electron chi connectivity index (χ3n) is 7.74. The molecule has 7 aliphatic rings. The first-order valence-electron chi connectivity index (χ1n) is 10.1. The molecule has 0 aromatic rings. The molecule has 6 saturated carbocycles. The molecule has 4 heteroatoms. The molecule has 1 aliphatic heterocycles. The van der Waals surface area contributed by atoms with Crippen LogP contribution in [0.5, 0.6) is 0 Å². The quantitative estimate of drug-likeness (QED) is 0.791. The van der Waals surface area contributed by atoms with Gasteiger partial charge >= 0.3 is 0 Å². The maximum absolute atomic E-state index is 6.75. The summed E-state index contributed by atoms with van der Waals surface area (Å²) in [5.41, 5.74) is 0. The van der Waals surface area contributed by atoms with E-state index < -0.39 is 5.79 Å². The van der Waals surface area contributed by atoms with Crippen molar-refractivity contribution < 1.29 is 14.5 Å². The van der Waals surface area contributed by atoms with Crippen molar-refractivity contribution in [1.82, 2.24) is 5.32 Å². The first-order chi connectivity index (χ1) is 11.2. The summed E-state index contributed by atoms with van der Waals surface area (Å²) in [4.78, 5) is 12.1. The van der Waals surface area contributed by atoms with E-state index in [1.54, 1.807) is 0 Å². The monoisotopic (exact) mass is 319 g/mol. The largest absolute Gasteiger partial charge is 0.312 e. The second-order valence-electron chi connectivity index (χ2n) is 9.42. The van der Waals surface area contributed by atoms with E-state index in [0.29, 0.717) is 17.9 Å². The Kier molecular flexibility index (Phi) is 2.88. The van der Waals surface area contributed by atoms with Crippen LogP contribution < -0.4 is 5.32 Å². The molecule has 0 atom stereocenters. The SMILES string of the molecule is C1C2CC3CC1CC(C2)C31OOC2(CCC(NC3CC3)CC2)O1. The number of rotatable bonds is 2. The summed E-state index contributed by atoms with van der Waals surface area (Å²) >= 11 is 0. The Morgan fingerprint density at radius 2 is 1.30 bits per heavy atom. The first-order valence-corrected chi connectivity index (χ1v) is 10.1. The molecule has 1 heterocycles. The van der Waals surface area contributed by atoms with Crippen LogP contribution in [0.2, 0.25) is 0 Å². The molecule has 0 aromatic carbocycles. The van der Waals surface area contributed by atoms with Crippen LogP contribution in [-0.2, 0) is 14.5 Å². The molecular formula is C19H29NO3. The topological polar surface area (TPSA) is 39.7 Å². The molecule has 0 unspecified atom stereocenters. The number of ether oxygens (including phenoxy) is 1. The summed E-state index contributed by atoms with van der Waals surface area (Å²) < 4.78 is 6.75. The zero-order chi connectivity index (χ0) is 15.1. The van der Waals surface area contributed by atoms with Crippen molar-refractivity contribution >= 4 is 0 Å². The van der Waals surface area contributed by atoms with Crippen molar-refractivity contribution in [3.63, 3.8) is 0 Å². The fraction of sp³-hybridized carbons (Fsp3) is 1.00. The van der Waals surface area contributed by atoms with Crippen LogP contribution in [0.15, 0.2) is 0 Å². The lowest BCUT2D eigenvalue weighted by Gasteiger charge is -2.57. The highest BCUT2D eigenvalue weighted by Crippen LogP contribution is 2.63. The minimum Gasteiger partial charge on any atom is -0.312 e. The van der Waals surface area contributed by atoms with Gasteiger partial charge in [0, 0.05) is 36.8 Å². The summed E-state index contributed by atoms with van der Waals surface area (Å²) in [7, 11) is 0. The van der Waals surface area contributed by atoms with Gasteiger partial charge in [-0.15, -0.1) is 0 Å². The normalized spacial score (nSPS) is 57.7. The van der Waals surface area contributed by atoms with E-state index in [2.05, 4.69) is 5.32 Å². The van der Waals surface area contributed by atoms with Crippen LogP contribution in [-0.4, -0.2) is 23.7 Å². The standard InChI is InChI=1S/C19H29NO3/c1-2-16(1)20-17-3-5-18(6-4-17)21-19(23-22-18)14-8-12-7-13(10-14)11-15(19)9-12/h12-17,20H,1-11H2. The van der Waals surface area contributed by atoms with Crippen molar-refractivity contribution in [3.05, 3.63) is 0 Å². The van der Waals surface area contributed by atoms with Crippen molar-refractivity contribution in [2.24, 2.45) is 23.7 Å². The highest BCUT2D eigenvalue weighted by atomic mass is 17.3. The van der Waals surface area contributed by atoms with E-state index in [4.69, 9.17) is 14.5 Å². The Bertz CT molecular complexity index is 467. The Morgan fingerprint density at radius 1 is 0.696 bits per heavy atom. The first kappa shape index (κ1) is 14.1. The average molecular weight is 319 g/mol. The van der Waals surface area contributed by atoms with Gasteiger partial charge in [0.05, 0.1) is 0 Å². The summed E-state index contributed by atoms with van der Waals surface area (Å²) in [6.45, 7) is 0. The molecule has 4 bridgehead atoms. The van der Waals surface area contributed by atoms with Gasteiger partial charge in [0.1, 0.15) is 0 Å². The van der Waals surface area contributed by atoms with Gasteiger partial charge in [0.2, 0.25) is 11.6 Å². The van der Waals surface area contributed by atoms with Crippen LogP contribution in [0.4, 0.5) is 0 Å². The molecule has 0 aromatic heterocycles. The van der Waals surface area contributed by atoms with Crippen LogP contribution in [0.25, 0.3) is 0 Å². The second kappa shape index (κ2) is 4.72. The minimum absolute atomic E-state index is 0.385. The molecule has 2 spiro atoms. The van der Waals surface area contributed by atoms with Gasteiger partial charge in [-0.05, 0) is 69.6 Å². The summed E-state index contributed by atoms with van der Waals surface area (Å²) in [5.74, 6) is 2.22. The Balaban J connectivity index is 1.18. The maximum atomic E-state index is 6.75.